The van der Waals surface area contributed by atoms with Gasteiger partial charge in [0.05, 0.1) is 11.9 Å². The summed E-state index contributed by atoms with van der Waals surface area (Å²) in [6.45, 7) is 2.58. The zero-order chi connectivity index (χ0) is 19.6. The molecule has 1 aromatic carbocycles. The van der Waals surface area contributed by atoms with Crippen LogP contribution in [0.25, 0.3) is 0 Å². The molecule has 1 amide bonds. The van der Waals surface area contributed by atoms with Gasteiger partial charge in [-0.05, 0) is 29.8 Å². The Hall–Kier alpha value is -2.93. The minimum atomic E-state index is -0.384. The molecule has 1 saturated heterocycles. The molecule has 2 aromatic rings. The summed E-state index contributed by atoms with van der Waals surface area (Å²) in [5.74, 6) is -0.220. The summed E-state index contributed by atoms with van der Waals surface area (Å²) in [4.78, 5) is 26.7. The van der Waals surface area contributed by atoms with E-state index in [4.69, 9.17) is 4.84 Å². The van der Waals surface area contributed by atoms with Crippen LogP contribution >= 0.6 is 0 Å². The molecule has 0 saturated carbocycles. The van der Waals surface area contributed by atoms with E-state index in [2.05, 4.69) is 49.5 Å². The number of likely N-dealkylation sites (tertiary alicyclic amines) is 1. The van der Waals surface area contributed by atoms with Crippen LogP contribution in [0, 0.1) is 0 Å². The summed E-state index contributed by atoms with van der Waals surface area (Å²) in [5, 5.41) is 6.92. The third-order valence-corrected chi connectivity index (χ3v) is 5.27. The van der Waals surface area contributed by atoms with Crippen LogP contribution in [0.15, 0.2) is 53.9 Å². The average molecular weight is 379 g/mol. The first-order valence-corrected chi connectivity index (χ1v) is 9.48. The summed E-state index contributed by atoms with van der Waals surface area (Å²) < 4.78 is 0. The first-order chi connectivity index (χ1) is 13.5. The number of amides is 1. The van der Waals surface area contributed by atoms with E-state index < -0.39 is 0 Å². The Balaban J connectivity index is 1.32. The fraction of sp³-hybridized carbons (Fsp3) is 0.381. The molecule has 7 nitrogen and oxygen atoms in total. The van der Waals surface area contributed by atoms with Crippen molar-refractivity contribution in [1.29, 1.82) is 0 Å². The van der Waals surface area contributed by atoms with Crippen LogP contribution < -0.4 is 10.2 Å². The maximum Gasteiger partial charge on any atom is 0.273 e. The van der Waals surface area contributed by atoms with Gasteiger partial charge in [-0.25, -0.2) is 0 Å². The highest BCUT2D eigenvalue weighted by Gasteiger charge is 2.46. The molecule has 0 unspecified atom stereocenters. The Morgan fingerprint density at radius 3 is 2.82 bits per heavy atom. The Labute approximate surface area is 165 Å². The van der Waals surface area contributed by atoms with Crippen LogP contribution in [0.1, 0.15) is 18.4 Å². The van der Waals surface area contributed by atoms with Crippen molar-refractivity contribution in [3.05, 3.63) is 54.4 Å². The largest absolute Gasteiger partial charge is 0.387 e. The molecule has 1 fully saturated rings. The number of pyridine rings is 1. The van der Waals surface area contributed by atoms with Crippen LogP contribution in [0.2, 0.25) is 0 Å². The zero-order valence-electron chi connectivity index (χ0n) is 16.3. The van der Waals surface area contributed by atoms with Gasteiger partial charge in [0.1, 0.15) is 5.71 Å². The number of aromatic nitrogens is 1. The Morgan fingerprint density at radius 2 is 2.11 bits per heavy atom. The first-order valence-electron chi connectivity index (χ1n) is 9.48. The second-order valence-corrected chi connectivity index (χ2v) is 7.71. The summed E-state index contributed by atoms with van der Waals surface area (Å²) in [6.07, 6.45) is 4.69. The van der Waals surface area contributed by atoms with E-state index in [1.54, 1.807) is 24.5 Å². The van der Waals surface area contributed by atoms with Gasteiger partial charge in [-0.2, -0.15) is 0 Å². The highest BCUT2D eigenvalue weighted by atomic mass is 16.7. The number of nitrogens with zero attached hydrogens (tertiary/aromatic N) is 4. The van der Waals surface area contributed by atoms with Crippen molar-refractivity contribution in [3.63, 3.8) is 0 Å². The number of hydrogen-bond donors (Lipinski definition) is 1. The summed E-state index contributed by atoms with van der Waals surface area (Å²) in [7, 11) is 4.08. The summed E-state index contributed by atoms with van der Waals surface area (Å²) in [5.41, 5.74) is 3.19. The van der Waals surface area contributed by atoms with Gasteiger partial charge in [0, 0.05) is 58.5 Å². The predicted molar refractivity (Wildman–Crippen MR) is 109 cm³/mol. The van der Waals surface area contributed by atoms with Crippen molar-refractivity contribution < 1.29 is 9.63 Å². The van der Waals surface area contributed by atoms with E-state index in [-0.39, 0.29) is 11.5 Å². The molecule has 146 valence electrons. The molecule has 28 heavy (non-hydrogen) atoms. The predicted octanol–water partition coefficient (Wildman–Crippen LogP) is 2.51. The van der Waals surface area contributed by atoms with Crippen LogP contribution in [-0.4, -0.2) is 54.3 Å². The van der Waals surface area contributed by atoms with Gasteiger partial charge < -0.3 is 15.1 Å². The maximum atomic E-state index is 12.4. The summed E-state index contributed by atoms with van der Waals surface area (Å²) >= 11 is 0. The van der Waals surface area contributed by atoms with Gasteiger partial charge in [0.25, 0.3) is 5.91 Å². The monoisotopic (exact) mass is 379 g/mol. The number of rotatable bonds is 5. The fourth-order valence-corrected chi connectivity index (χ4v) is 3.72. The van der Waals surface area contributed by atoms with E-state index in [1.807, 2.05) is 14.1 Å². The Bertz CT molecular complexity index is 866. The number of hydrogen-bond acceptors (Lipinski definition) is 6. The van der Waals surface area contributed by atoms with Crippen LogP contribution in [-0.2, 0) is 16.2 Å². The lowest BCUT2D eigenvalue weighted by molar-refractivity contribution is -0.110. The minimum Gasteiger partial charge on any atom is -0.387 e. The average Bonchev–Trinajstić information content (AvgIpc) is 3.30. The van der Waals surface area contributed by atoms with E-state index in [1.165, 1.54) is 11.3 Å². The molecule has 2 aliphatic heterocycles. The van der Waals surface area contributed by atoms with Crippen molar-refractivity contribution in [2.45, 2.75) is 25.0 Å². The molecule has 1 N–H and O–H groups in total. The molecule has 0 radical (unpaired) electrons. The SMILES string of the molecule is CN(C)c1ccc(CN2CC[C@@]3(CC(C(=O)Nc4cccnc4)=NO3)C2)cc1. The van der Waals surface area contributed by atoms with Crippen molar-refractivity contribution in [1.82, 2.24) is 9.88 Å². The number of anilines is 2. The van der Waals surface area contributed by atoms with Crippen LogP contribution in [0.5, 0.6) is 0 Å². The molecule has 2 aliphatic rings. The van der Waals surface area contributed by atoms with Gasteiger partial charge in [0.15, 0.2) is 5.60 Å². The van der Waals surface area contributed by atoms with E-state index in [9.17, 15) is 4.79 Å². The minimum absolute atomic E-state index is 0.220. The molecular formula is C21H25N5O2. The smallest absolute Gasteiger partial charge is 0.273 e. The summed E-state index contributed by atoms with van der Waals surface area (Å²) in [6, 6.07) is 12.2. The molecule has 3 heterocycles. The molecule has 1 aromatic heterocycles. The first kappa shape index (κ1) is 18.4. The highest BCUT2D eigenvalue weighted by Crippen LogP contribution is 2.34. The van der Waals surface area contributed by atoms with E-state index in [0.29, 0.717) is 17.8 Å². The van der Waals surface area contributed by atoms with Gasteiger partial charge in [-0.15, -0.1) is 0 Å². The lowest BCUT2D eigenvalue weighted by Crippen LogP contribution is -2.35. The standard InChI is InChI=1S/C21H25N5O2/c1-25(2)18-7-5-16(6-8-18)14-26-11-9-21(15-26)12-19(24-28-21)20(27)23-17-4-3-10-22-13-17/h3-8,10,13H,9,11-12,14-15H2,1-2H3,(H,23,27)/t21-/m1/s1. The second-order valence-electron chi connectivity index (χ2n) is 7.71. The fourth-order valence-electron chi connectivity index (χ4n) is 3.72. The molecular weight excluding hydrogens is 354 g/mol. The highest BCUT2D eigenvalue weighted by molar-refractivity contribution is 6.43. The molecule has 1 atom stereocenters. The Kier molecular flexibility index (Phi) is 5.00. The van der Waals surface area contributed by atoms with Gasteiger partial charge >= 0.3 is 0 Å². The lowest BCUT2D eigenvalue weighted by atomic mass is 9.96. The molecule has 4 rings (SSSR count). The van der Waals surface area contributed by atoms with Gasteiger partial charge in [-0.3, -0.25) is 14.7 Å². The van der Waals surface area contributed by atoms with Gasteiger partial charge in [-0.1, -0.05) is 17.3 Å². The van der Waals surface area contributed by atoms with Crippen LogP contribution in [0.3, 0.4) is 0 Å². The van der Waals surface area contributed by atoms with Crippen LogP contribution in [0.4, 0.5) is 11.4 Å². The number of carbonyl (C=O) groups excluding carboxylic acids is 1. The van der Waals surface area contributed by atoms with E-state index in [0.717, 1.165) is 26.1 Å². The topological polar surface area (TPSA) is 70.1 Å². The lowest BCUT2D eigenvalue weighted by Gasteiger charge is -2.22. The molecule has 0 bridgehead atoms. The second kappa shape index (κ2) is 7.59. The van der Waals surface area contributed by atoms with Gasteiger partial charge in [0.2, 0.25) is 0 Å². The van der Waals surface area contributed by atoms with E-state index >= 15 is 0 Å². The zero-order valence-corrected chi connectivity index (χ0v) is 16.3. The molecule has 1 spiro atoms. The number of benzene rings is 1. The molecule has 7 heteroatoms. The van der Waals surface area contributed by atoms with Crippen molar-refractivity contribution in [3.8, 4) is 0 Å². The third-order valence-electron chi connectivity index (χ3n) is 5.27. The number of nitrogens with one attached hydrogen (secondary N) is 1. The normalized spacial score (nSPS) is 21.4. The number of oxime groups is 1. The quantitative estimate of drug-likeness (QED) is 0.864. The number of carbonyl (C=O) groups is 1. The van der Waals surface area contributed by atoms with Crippen molar-refractivity contribution >= 4 is 23.0 Å². The van der Waals surface area contributed by atoms with Crippen molar-refractivity contribution in [2.24, 2.45) is 5.16 Å². The molecule has 0 aliphatic carbocycles. The Morgan fingerprint density at radius 1 is 1.29 bits per heavy atom. The third kappa shape index (κ3) is 3.99. The maximum absolute atomic E-state index is 12.4. The van der Waals surface area contributed by atoms with Crippen molar-refractivity contribution in [2.75, 3.05) is 37.4 Å².